The molecule has 0 bridgehead atoms. The summed E-state index contributed by atoms with van der Waals surface area (Å²) in [6.07, 6.45) is 3.07. The number of anilines is 1. The van der Waals surface area contributed by atoms with Crippen LogP contribution in [0.3, 0.4) is 0 Å². The summed E-state index contributed by atoms with van der Waals surface area (Å²) in [5.74, 6) is 0.134. The fourth-order valence-electron chi connectivity index (χ4n) is 2.85. The van der Waals surface area contributed by atoms with Crippen LogP contribution < -0.4 is 31.4 Å². The number of benzene rings is 1. The summed E-state index contributed by atoms with van der Waals surface area (Å²) >= 11 is 0. The van der Waals surface area contributed by atoms with Crippen LogP contribution in [-0.4, -0.2) is 53.0 Å². The van der Waals surface area contributed by atoms with Gasteiger partial charge in [0.05, 0.1) is 24.6 Å². The van der Waals surface area contributed by atoms with Gasteiger partial charge < -0.3 is 30.5 Å². The van der Waals surface area contributed by atoms with E-state index in [2.05, 4.69) is 15.4 Å². The molecule has 0 radical (unpaired) electrons. The summed E-state index contributed by atoms with van der Waals surface area (Å²) in [5.41, 5.74) is 4.79. The number of aldehydes is 1. The third-order valence-electron chi connectivity index (χ3n) is 4.51. The second kappa shape index (κ2) is 13.1. The molecule has 1 aromatic carbocycles. The monoisotopic (exact) mass is 476 g/mol. The van der Waals surface area contributed by atoms with Crippen molar-refractivity contribution in [3.63, 3.8) is 0 Å². The lowest BCUT2D eigenvalue weighted by Gasteiger charge is -2.14. The fraction of sp³-hybridized carbons (Fsp3) is 0.333. The summed E-state index contributed by atoms with van der Waals surface area (Å²) in [5, 5.41) is 12.7. The van der Waals surface area contributed by atoms with Crippen LogP contribution in [0, 0.1) is 5.41 Å². The largest absolute Gasteiger partial charge is 0.497 e. The van der Waals surface area contributed by atoms with Gasteiger partial charge in [0.15, 0.2) is 0 Å². The van der Waals surface area contributed by atoms with Crippen molar-refractivity contribution in [3.05, 3.63) is 52.9 Å². The van der Waals surface area contributed by atoms with E-state index >= 15 is 0 Å². The van der Waals surface area contributed by atoms with Gasteiger partial charge in [0.1, 0.15) is 41.1 Å². The van der Waals surface area contributed by atoms with Gasteiger partial charge in [-0.15, -0.1) is 0 Å². The topological polar surface area (TPSA) is 168 Å². The molecular weight excluding hydrogens is 448 g/mol. The smallest absolute Gasteiger partial charge is 0.275 e. The maximum atomic E-state index is 12.7. The van der Waals surface area contributed by atoms with Gasteiger partial charge in [-0.25, -0.2) is 4.21 Å². The number of amides is 1. The van der Waals surface area contributed by atoms with Crippen LogP contribution in [0.5, 0.6) is 5.75 Å². The molecule has 2 rings (SSSR count). The van der Waals surface area contributed by atoms with Gasteiger partial charge in [-0.2, -0.15) is 0 Å². The Labute approximate surface area is 193 Å². The number of pyridine rings is 1. The summed E-state index contributed by atoms with van der Waals surface area (Å²) in [7, 11) is -0.162. The minimum atomic E-state index is -1.69. The van der Waals surface area contributed by atoms with Crippen LogP contribution in [-0.2, 0) is 27.1 Å². The number of nitrogens with one attached hydrogen (secondary N) is 4. The fourth-order valence-corrected chi connectivity index (χ4v) is 3.70. The van der Waals surface area contributed by atoms with Crippen molar-refractivity contribution in [1.82, 2.24) is 15.2 Å². The molecule has 33 heavy (non-hydrogen) atoms. The highest BCUT2D eigenvalue weighted by atomic mass is 32.2. The highest BCUT2D eigenvalue weighted by Crippen LogP contribution is 2.15. The molecule has 6 N–H and O–H groups in total. The maximum Gasteiger partial charge on any atom is 0.275 e. The molecule has 0 aliphatic heterocycles. The molecule has 2 aromatic rings. The zero-order valence-electron chi connectivity index (χ0n) is 18.2. The zero-order valence-corrected chi connectivity index (χ0v) is 19.0. The molecule has 178 valence electrons. The van der Waals surface area contributed by atoms with Gasteiger partial charge in [-0.05, 0) is 55.8 Å². The molecule has 0 fully saturated rings. The van der Waals surface area contributed by atoms with Crippen LogP contribution >= 0.6 is 0 Å². The molecule has 0 spiro atoms. The third-order valence-corrected chi connectivity index (χ3v) is 5.61. The molecule has 12 heteroatoms. The average Bonchev–Trinajstić information content (AvgIpc) is 2.80. The van der Waals surface area contributed by atoms with E-state index in [1.54, 1.807) is 30.3 Å². The third kappa shape index (κ3) is 8.50. The number of nitrogens with zero attached hydrogens (tertiary/aromatic N) is 1. The minimum absolute atomic E-state index is 0.0187. The number of ether oxygens (including phenoxy) is 1. The van der Waals surface area contributed by atoms with E-state index in [1.165, 1.54) is 23.9 Å². The molecule has 2 atom stereocenters. The summed E-state index contributed by atoms with van der Waals surface area (Å²) in [4.78, 5) is 36.8. The predicted molar refractivity (Wildman–Crippen MR) is 126 cm³/mol. The number of rotatable bonds is 14. The molecular formula is C21H28N6O5S. The number of nitrogens with two attached hydrogens (primary N) is 1. The number of aromatic nitrogens is 1. The van der Waals surface area contributed by atoms with E-state index in [1.807, 2.05) is 0 Å². The van der Waals surface area contributed by atoms with Gasteiger partial charge in [-0.1, -0.05) is 0 Å². The maximum absolute atomic E-state index is 12.7. The number of carbonyl (C=O) groups is 2. The normalized spacial score (nSPS) is 12.4. The van der Waals surface area contributed by atoms with Crippen LogP contribution in [0.1, 0.15) is 12.8 Å². The lowest BCUT2D eigenvalue weighted by molar-refractivity contribution is -0.124. The lowest BCUT2D eigenvalue weighted by atomic mass is 10.1. The van der Waals surface area contributed by atoms with E-state index in [0.29, 0.717) is 36.3 Å². The van der Waals surface area contributed by atoms with Crippen molar-refractivity contribution in [3.8, 4) is 5.75 Å². The molecule has 11 nitrogen and oxygen atoms in total. The molecule has 0 aliphatic carbocycles. The Morgan fingerprint density at radius 3 is 2.67 bits per heavy atom. The number of hydrogen-bond acceptors (Lipinski definition) is 7. The number of carbonyl (C=O) groups excluding carboxylic acids is 2. The SMILES string of the molecule is COc1ccc(S(=O)Nc2cccn(CC(=O)N[C@H](C=O)CCCNCC(=N)N)c2=O)cc1. The Hall–Kier alpha value is -3.51. The molecule has 1 heterocycles. The summed E-state index contributed by atoms with van der Waals surface area (Å²) in [6.45, 7) is 0.503. The standard InChI is InChI=1S/C21H28N6O5S/c1-32-16-6-8-17(9-7-16)33(31)26-18-5-3-11-27(21(18)30)13-20(29)25-15(14-28)4-2-10-24-12-19(22)23/h3,5-9,11,14-15,24,26H,2,4,10,12-13H2,1H3,(H3,22,23)(H,25,29)/t15-,33?/m0/s1. The van der Waals surface area contributed by atoms with Crippen molar-refractivity contribution in [2.45, 2.75) is 30.3 Å². The molecule has 1 aromatic heterocycles. The van der Waals surface area contributed by atoms with Gasteiger partial charge in [0, 0.05) is 6.20 Å². The number of amidine groups is 1. The first-order chi connectivity index (χ1) is 15.8. The van der Waals surface area contributed by atoms with Crippen molar-refractivity contribution in [2.24, 2.45) is 5.73 Å². The summed E-state index contributed by atoms with van der Waals surface area (Å²) in [6, 6.07) is 8.88. The van der Waals surface area contributed by atoms with Gasteiger partial charge in [0.25, 0.3) is 5.56 Å². The van der Waals surface area contributed by atoms with Crippen LogP contribution in [0.25, 0.3) is 0 Å². The van der Waals surface area contributed by atoms with Crippen molar-refractivity contribution in [2.75, 3.05) is 24.9 Å². The van der Waals surface area contributed by atoms with E-state index in [-0.39, 0.29) is 24.6 Å². The Kier molecular flexibility index (Phi) is 10.2. The highest BCUT2D eigenvalue weighted by molar-refractivity contribution is 7.86. The summed E-state index contributed by atoms with van der Waals surface area (Å²) < 4.78 is 21.4. The second-order valence-electron chi connectivity index (χ2n) is 7.06. The quantitative estimate of drug-likeness (QED) is 0.110. The lowest BCUT2D eigenvalue weighted by Crippen LogP contribution is -2.40. The first-order valence-corrected chi connectivity index (χ1v) is 11.3. The van der Waals surface area contributed by atoms with E-state index in [4.69, 9.17) is 15.9 Å². The molecule has 0 saturated carbocycles. The Morgan fingerprint density at radius 2 is 2.03 bits per heavy atom. The van der Waals surface area contributed by atoms with Crippen molar-refractivity contribution in [1.29, 1.82) is 5.41 Å². The second-order valence-corrected chi connectivity index (χ2v) is 8.27. The van der Waals surface area contributed by atoms with E-state index < -0.39 is 28.5 Å². The number of methoxy groups -OCH3 is 1. The van der Waals surface area contributed by atoms with Crippen LogP contribution in [0.15, 0.2) is 52.3 Å². The first-order valence-electron chi connectivity index (χ1n) is 10.1. The van der Waals surface area contributed by atoms with Crippen molar-refractivity contribution < 1.29 is 18.5 Å². The molecule has 0 aliphatic rings. The zero-order chi connectivity index (χ0) is 24.2. The number of hydrogen-bond donors (Lipinski definition) is 5. The van der Waals surface area contributed by atoms with Crippen LogP contribution in [0.4, 0.5) is 5.69 Å². The molecule has 1 amide bonds. The van der Waals surface area contributed by atoms with Crippen LogP contribution in [0.2, 0.25) is 0 Å². The first kappa shape index (κ1) is 25.7. The Bertz CT molecular complexity index is 1040. The average molecular weight is 477 g/mol. The minimum Gasteiger partial charge on any atom is -0.497 e. The van der Waals surface area contributed by atoms with Gasteiger partial charge in [-0.3, -0.25) is 19.7 Å². The Balaban J connectivity index is 1.93. The Morgan fingerprint density at radius 1 is 1.30 bits per heavy atom. The molecule has 0 saturated heterocycles. The van der Waals surface area contributed by atoms with E-state index in [0.717, 1.165) is 0 Å². The predicted octanol–water partition coefficient (Wildman–Crippen LogP) is -0.0189. The van der Waals surface area contributed by atoms with Gasteiger partial charge >= 0.3 is 0 Å². The molecule has 1 unspecified atom stereocenters. The van der Waals surface area contributed by atoms with Crippen molar-refractivity contribution >= 4 is 34.7 Å². The highest BCUT2D eigenvalue weighted by Gasteiger charge is 2.14. The van der Waals surface area contributed by atoms with E-state index in [9.17, 15) is 18.6 Å². The van der Waals surface area contributed by atoms with Gasteiger partial charge in [0.2, 0.25) is 5.91 Å².